The van der Waals surface area contributed by atoms with Crippen LogP contribution in [0.25, 0.3) is 10.9 Å². The number of anilines is 3. The lowest BCUT2D eigenvalue weighted by Crippen LogP contribution is -2.49. The molecule has 33 heavy (non-hydrogen) atoms. The normalized spacial score (nSPS) is 14.4. The molecule has 2 heterocycles. The fourth-order valence-corrected chi connectivity index (χ4v) is 4.43. The number of hydrogen-bond donors (Lipinski definition) is 2. The molecule has 1 saturated heterocycles. The number of aromatic nitrogens is 2. The van der Waals surface area contributed by atoms with Crippen molar-refractivity contribution in [2.45, 2.75) is 0 Å². The molecular formula is C22H24Cl2N6O3. The van der Waals surface area contributed by atoms with Crippen molar-refractivity contribution < 1.29 is 14.3 Å². The maximum Gasteiger partial charge on any atom is 0.238 e. The third kappa shape index (κ3) is 5.00. The van der Waals surface area contributed by atoms with Gasteiger partial charge in [-0.05, 0) is 18.2 Å². The molecule has 0 unspecified atom stereocenters. The number of nitrogens with one attached hydrogen (secondary N) is 1. The Morgan fingerprint density at radius 2 is 1.67 bits per heavy atom. The highest BCUT2D eigenvalue weighted by atomic mass is 35.5. The lowest BCUT2D eigenvalue weighted by molar-refractivity contribution is -0.117. The monoisotopic (exact) mass is 490 g/mol. The van der Waals surface area contributed by atoms with Gasteiger partial charge in [-0.3, -0.25) is 9.69 Å². The summed E-state index contributed by atoms with van der Waals surface area (Å²) in [5.74, 6) is 1.87. The van der Waals surface area contributed by atoms with Gasteiger partial charge in [-0.15, -0.1) is 0 Å². The zero-order chi connectivity index (χ0) is 23.5. The molecule has 11 heteroatoms. The Hall–Kier alpha value is -3.01. The fourth-order valence-electron chi connectivity index (χ4n) is 3.83. The summed E-state index contributed by atoms with van der Waals surface area (Å²) in [6, 6.07) is 6.84. The number of ether oxygens (including phenoxy) is 2. The summed E-state index contributed by atoms with van der Waals surface area (Å²) in [6.45, 7) is 3.01. The molecule has 4 rings (SSSR count). The van der Waals surface area contributed by atoms with Crippen molar-refractivity contribution in [2.75, 3.05) is 62.9 Å². The van der Waals surface area contributed by atoms with Crippen LogP contribution in [0.4, 0.5) is 17.2 Å². The number of nitrogen functional groups attached to an aromatic ring is 1. The summed E-state index contributed by atoms with van der Waals surface area (Å²) in [6.07, 6.45) is 1.55. The van der Waals surface area contributed by atoms with Gasteiger partial charge in [-0.25, -0.2) is 9.97 Å². The van der Waals surface area contributed by atoms with E-state index in [1.54, 1.807) is 32.7 Å². The number of nitrogens with two attached hydrogens (primary N) is 1. The van der Waals surface area contributed by atoms with E-state index >= 15 is 0 Å². The van der Waals surface area contributed by atoms with Gasteiger partial charge in [-0.2, -0.15) is 0 Å². The topological polar surface area (TPSA) is 106 Å². The number of methoxy groups -OCH3 is 2. The van der Waals surface area contributed by atoms with Crippen LogP contribution < -0.4 is 25.4 Å². The van der Waals surface area contributed by atoms with E-state index < -0.39 is 0 Å². The van der Waals surface area contributed by atoms with E-state index in [4.69, 9.17) is 38.4 Å². The van der Waals surface area contributed by atoms with Crippen LogP contribution in [-0.2, 0) is 4.79 Å². The molecule has 0 spiro atoms. The minimum atomic E-state index is -0.193. The number of carbonyl (C=O) groups is 1. The smallest absolute Gasteiger partial charge is 0.238 e. The number of fused-ring (bicyclic) bond motifs is 1. The van der Waals surface area contributed by atoms with E-state index in [9.17, 15) is 4.79 Å². The maximum atomic E-state index is 12.6. The van der Waals surface area contributed by atoms with Crippen molar-refractivity contribution in [2.24, 2.45) is 0 Å². The van der Waals surface area contributed by atoms with Crippen LogP contribution >= 0.6 is 23.2 Å². The van der Waals surface area contributed by atoms with Gasteiger partial charge in [0.1, 0.15) is 12.1 Å². The molecule has 0 atom stereocenters. The predicted molar refractivity (Wildman–Crippen MR) is 131 cm³/mol. The van der Waals surface area contributed by atoms with E-state index in [1.165, 1.54) is 0 Å². The molecule has 1 fully saturated rings. The summed E-state index contributed by atoms with van der Waals surface area (Å²) in [5, 5.41) is 4.28. The van der Waals surface area contributed by atoms with Crippen molar-refractivity contribution in [3.05, 3.63) is 40.6 Å². The Bertz CT molecular complexity index is 1160. The minimum absolute atomic E-state index is 0.193. The molecule has 2 aromatic carbocycles. The Morgan fingerprint density at radius 1 is 1.03 bits per heavy atom. The first-order chi connectivity index (χ1) is 15.9. The first-order valence-corrected chi connectivity index (χ1v) is 11.0. The first kappa shape index (κ1) is 23.2. The quantitative estimate of drug-likeness (QED) is 0.506. The standard InChI is InChI=1S/C22H24Cl2N6O3/c1-32-18-9-14-17(10-19(18)33-2)26-12-27-22(14)30-5-3-29(4-6-30)11-20(31)28-21-15(23)7-13(25)8-16(21)24/h7-10,12H,3-6,11,25H2,1-2H3,(H,28,31). The van der Waals surface area contributed by atoms with E-state index in [0.29, 0.717) is 59.1 Å². The fraction of sp³-hybridized carbons (Fsp3) is 0.318. The molecule has 0 bridgehead atoms. The van der Waals surface area contributed by atoms with Gasteiger partial charge in [0.2, 0.25) is 5.91 Å². The summed E-state index contributed by atoms with van der Waals surface area (Å²) in [4.78, 5) is 25.7. The van der Waals surface area contributed by atoms with E-state index in [-0.39, 0.29) is 12.5 Å². The number of amides is 1. The number of rotatable bonds is 6. The molecule has 1 aromatic heterocycles. The summed E-state index contributed by atoms with van der Waals surface area (Å²) in [5.41, 5.74) is 7.30. The maximum absolute atomic E-state index is 12.6. The van der Waals surface area contributed by atoms with Crippen molar-refractivity contribution in [3.63, 3.8) is 0 Å². The molecule has 3 N–H and O–H groups in total. The Morgan fingerprint density at radius 3 is 2.30 bits per heavy atom. The van der Waals surface area contributed by atoms with Crippen molar-refractivity contribution in [1.82, 2.24) is 14.9 Å². The van der Waals surface area contributed by atoms with Crippen molar-refractivity contribution in [3.8, 4) is 11.5 Å². The first-order valence-electron chi connectivity index (χ1n) is 10.3. The molecule has 0 saturated carbocycles. The minimum Gasteiger partial charge on any atom is -0.493 e. The molecule has 9 nitrogen and oxygen atoms in total. The van der Waals surface area contributed by atoms with E-state index in [2.05, 4.69) is 25.1 Å². The lowest BCUT2D eigenvalue weighted by atomic mass is 10.2. The van der Waals surface area contributed by atoms with Crippen LogP contribution in [0.15, 0.2) is 30.6 Å². The third-order valence-electron chi connectivity index (χ3n) is 5.49. The number of carbonyl (C=O) groups excluding carboxylic acids is 1. The highest BCUT2D eigenvalue weighted by Crippen LogP contribution is 2.35. The summed E-state index contributed by atoms with van der Waals surface area (Å²) >= 11 is 12.3. The molecule has 0 radical (unpaired) electrons. The third-order valence-corrected chi connectivity index (χ3v) is 6.08. The molecule has 174 valence electrons. The van der Waals surface area contributed by atoms with Gasteiger partial charge in [0.05, 0.1) is 42.0 Å². The molecule has 0 aliphatic carbocycles. The van der Waals surface area contributed by atoms with Gasteiger partial charge in [0.25, 0.3) is 0 Å². The molecule has 3 aromatic rings. The number of nitrogens with zero attached hydrogens (tertiary/aromatic N) is 4. The molecule has 1 aliphatic rings. The van der Waals surface area contributed by atoms with Crippen molar-refractivity contribution >= 4 is 57.2 Å². The summed E-state index contributed by atoms with van der Waals surface area (Å²) < 4.78 is 10.8. The van der Waals surface area contributed by atoms with Crippen LogP contribution in [0.5, 0.6) is 11.5 Å². The zero-order valence-corrected chi connectivity index (χ0v) is 19.8. The van der Waals surface area contributed by atoms with Crippen molar-refractivity contribution in [1.29, 1.82) is 0 Å². The zero-order valence-electron chi connectivity index (χ0n) is 18.3. The SMILES string of the molecule is COc1cc2ncnc(N3CCN(CC(=O)Nc4c(Cl)cc(N)cc4Cl)CC3)c2cc1OC. The van der Waals surface area contributed by atoms with Crippen LogP contribution in [0.2, 0.25) is 10.0 Å². The van der Waals surface area contributed by atoms with Gasteiger partial charge in [0.15, 0.2) is 11.5 Å². The second-order valence-corrected chi connectivity index (χ2v) is 8.41. The molecule has 1 amide bonds. The lowest BCUT2D eigenvalue weighted by Gasteiger charge is -2.35. The number of hydrogen-bond acceptors (Lipinski definition) is 8. The molecular weight excluding hydrogens is 467 g/mol. The van der Waals surface area contributed by atoms with Gasteiger partial charge < -0.3 is 25.4 Å². The van der Waals surface area contributed by atoms with Gasteiger partial charge in [0, 0.05) is 43.3 Å². The van der Waals surface area contributed by atoms with Crippen LogP contribution in [0.1, 0.15) is 0 Å². The number of halogens is 2. The van der Waals surface area contributed by atoms with Crippen LogP contribution in [0.3, 0.4) is 0 Å². The Labute approximate surface area is 201 Å². The van der Waals surface area contributed by atoms with Crippen LogP contribution in [0, 0.1) is 0 Å². The average molecular weight is 491 g/mol. The predicted octanol–water partition coefficient (Wildman–Crippen LogP) is 3.30. The Balaban J connectivity index is 1.42. The van der Waals surface area contributed by atoms with E-state index in [0.717, 1.165) is 16.7 Å². The highest BCUT2D eigenvalue weighted by molar-refractivity contribution is 6.40. The highest BCUT2D eigenvalue weighted by Gasteiger charge is 2.23. The largest absolute Gasteiger partial charge is 0.493 e. The number of piperazine rings is 1. The van der Waals surface area contributed by atoms with E-state index in [1.807, 2.05) is 12.1 Å². The average Bonchev–Trinajstić information content (AvgIpc) is 2.80. The number of benzene rings is 2. The second kappa shape index (κ2) is 9.86. The van der Waals surface area contributed by atoms with Gasteiger partial charge in [-0.1, -0.05) is 23.2 Å². The van der Waals surface area contributed by atoms with Crippen LogP contribution in [-0.4, -0.2) is 67.7 Å². The van der Waals surface area contributed by atoms with Gasteiger partial charge >= 0.3 is 0 Å². The summed E-state index contributed by atoms with van der Waals surface area (Å²) in [7, 11) is 3.19. The molecule has 1 aliphatic heterocycles. The second-order valence-electron chi connectivity index (χ2n) is 7.59. The Kier molecular flexibility index (Phi) is 6.92.